The number of aromatic amines is 2. The minimum absolute atomic E-state index is 0.00751. The number of H-pyrrole nitrogens is 2. The molecule has 43 heteroatoms. The quantitative estimate of drug-likeness (QED) is 0.0229. The molecule has 16 atom stereocenters. The van der Waals surface area contributed by atoms with Crippen molar-refractivity contribution in [2.24, 2.45) is 13.0 Å². The third-order valence-electron chi connectivity index (χ3n) is 12.8. The normalized spacial score (nSPS) is 28.4. The number of phosphoric acid groups is 4. The molecule has 0 aliphatic carbocycles. The van der Waals surface area contributed by atoms with Gasteiger partial charge in [-0.1, -0.05) is 35.3 Å². The first-order chi connectivity index (χ1) is 39.1. The highest BCUT2D eigenvalue weighted by Crippen LogP contribution is 2.68. The number of phosphoric ester groups is 3. The monoisotopic (exact) mass is 1250 g/mol. The standard InChI is InChI=1S/C40H51N13O26P4/c1-50-17-53(33-25(50)34(58)49-38(42)48-33)35-26(55)19(10-43-40(60)70-11-18-6-4-3-5-7-18)20(74-35)12-72-81(63,64)78-83(67,68)79-82(65,66)73-14-22-29(30(69-2)37(76-22)52-16-46-24-31(41)44-15-45-32(24)52)77-80(61,62)71-13-21-27(56)28(57)36(75-21)51-9-8-23(54)47-39(51)59/h3-9,15-17,19-22,26-30,35-37,55-57H,10-14H2,1-2H3,(H10-,41,42,43,44,45,47,48,49,54,58,59,60,61,62,63,64,65,66,67,68)/p+1/t19-,20-,21-,22-,26-,27-,28-,29-,30-,35-,36-,37-/m1/s1. The predicted molar refractivity (Wildman–Crippen MR) is 270 cm³/mol. The molecular formula is C40H52N13O26P4+. The lowest BCUT2D eigenvalue weighted by Crippen LogP contribution is -2.46. The zero-order valence-electron chi connectivity index (χ0n) is 42.6. The van der Waals surface area contributed by atoms with Gasteiger partial charge in [0.05, 0.1) is 39.3 Å². The number of hydrogen-bond donors (Lipinski definition) is 12. The van der Waals surface area contributed by atoms with E-state index >= 15 is 0 Å². The second-order valence-corrected chi connectivity index (χ2v) is 24.4. The second-order valence-electron chi connectivity index (χ2n) is 18.3. The van der Waals surface area contributed by atoms with Crippen LogP contribution in [-0.2, 0) is 82.3 Å². The number of carbonyl (C=O) groups is 1. The van der Waals surface area contributed by atoms with Gasteiger partial charge in [-0.2, -0.15) is 8.62 Å². The molecule has 6 aromatic rings. The molecule has 3 aliphatic rings. The van der Waals surface area contributed by atoms with Crippen molar-refractivity contribution in [1.82, 2.24) is 48.9 Å². The third kappa shape index (κ3) is 13.9. The van der Waals surface area contributed by atoms with Gasteiger partial charge in [0, 0.05) is 31.8 Å². The van der Waals surface area contributed by atoms with Crippen LogP contribution in [-0.4, -0.2) is 167 Å². The van der Waals surface area contributed by atoms with E-state index in [1.165, 1.54) is 27.1 Å². The maximum absolute atomic E-state index is 13.7. The van der Waals surface area contributed by atoms with Crippen molar-refractivity contribution in [2.45, 2.75) is 74.1 Å². The molecule has 3 fully saturated rings. The number of nitrogen functional groups attached to an aromatic ring is 2. The molecule has 8 heterocycles. The molecule has 0 bridgehead atoms. The number of fused-ring (bicyclic) bond motifs is 2. The number of methoxy groups -OCH3 is 1. The van der Waals surface area contributed by atoms with Crippen LogP contribution in [0.1, 0.15) is 24.2 Å². The Kier molecular flexibility index (Phi) is 18.1. The molecular weight excluding hydrogens is 1200 g/mol. The molecule has 14 N–H and O–H groups in total. The minimum Gasteiger partial charge on any atom is -0.445 e. The summed E-state index contributed by atoms with van der Waals surface area (Å²) in [5.41, 5.74) is 9.76. The number of rotatable bonds is 23. The van der Waals surface area contributed by atoms with E-state index in [0.717, 1.165) is 36.6 Å². The Balaban J connectivity index is 0.872. The Morgan fingerprint density at radius 1 is 0.783 bits per heavy atom. The molecule has 0 radical (unpaired) electrons. The highest BCUT2D eigenvalue weighted by molar-refractivity contribution is 7.66. The Morgan fingerprint density at radius 3 is 2.13 bits per heavy atom. The number of ether oxygens (including phenoxy) is 5. The van der Waals surface area contributed by atoms with Crippen LogP contribution in [0.5, 0.6) is 0 Å². The maximum atomic E-state index is 13.7. The van der Waals surface area contributed by atoms with Gasteiger partial charge >= 0.3 is 48.7 Å². The van der Waals surface area contributed by atoms with Gasteiger partial charge < -0.3 is 75.4 Å². The van der Waals surface area contributed by atoms with Gasteiger partial charge in [0.1, 0.15) is 61.2 Å². The smallest absolute Gasteiger partial charge is 0.445 e. The van der Waals surface area contributed by atoms with E-state index in [4.69, 9.17) is 53.2 Å². The van der Waals surface area contributed by atoms with E-state index in [-0.39, 0.29) is 40.7 Å². The molecule has 5 aromatic heterocycles. The maximum Gasteiger partial charge on any atom is 0.490 e. The molecule has 452 valence electrons. The molecule has 1 aromatic carbocycles. The lowest BCUT2D eigenvalue weighted by molar-refractivity contribution is -0.745. The number of aromatic nitrogens is 10. The summed E-state index contributed by atoms with van der Waals surface area (Å²) in [6.07, 6.45) is -15.0. The van der Waals surface area contributed by atoms with Gasteiger partial charge in [-0.3, -0.25) is 51.4 Å². The van der Waals surface area contributed by atoms with Gasteiger partial charge in [0.15, 0.2) is 30.2 Å². The van der Waals surface area contributed by atoms with Crippen molar-refractivity contribution in [3.8, 4) is 0 Å². The summed E-state index contributed by atoms with van der Waals surface area (Å²) in [5.74, 6) is -1.69. The van der Waals surface area contributed by atoms with E-state index < -0.39 is 154 Å². The van der Waals surface area contributed by atoms with Gasteiger partial charge in [0.25, 0.3) is 17.1 Å². The number of nitrogens with zero attached hydrogens (tertiary/aromatic N) is 8. The number of benzene rings is 1. The van der Waals surface area contributed by atoms with Crippen LogP contribution in [0.15, 0.2) is 76.0 Å². The van der Waals surface area contributed by atoms with Crippen LogP contribution in [0.4, 0.5) is 16.6 Å². The van der Waals surface area contributed by atoms with E-state index in [9.17, 15) is 72.3 Å². The average Bonchev–Trinajstić information content (AvgIpc) is 2.53. The Labute approximate surface area is 462 Å². The Hall–Kier alpha value is -6.09. The van der Waals surface area contributed by atoms with E-state index in [1.54, 1.807) is 30.3 Å². The summed E-state index contributed by atoms with van der Waals surface area (Å²) in [4.78, 5) is 113. The molecule has 4 unspecified atom stereocenters. The molecule has 3 aliphatic heterocycles. The van der Waals surface area contributed by atoms with E-state index in [0.29, 0.717) is 5.56 Å². The minimum atomic E-state index is -6.27. The summed E-state index contributed by atoms with van der Waals surface area (Å²) in [7, 11) is -21.2. The van der Waals surface area contributed by atoms with Crippen molar-refractivity contribution >= 4 is 71.5 Å². The van der Waals surface area contributed by atoms with Crippen molar-refractivity contribution < 1.29 is 113 Å². The molecule has 39 nitrogen and oxygen atoms in total. The SMILES string of the molecule is CO[C@@H]1[C@H](OP(=O)(O)OC[C@H]2O[C@@H](n3ccc(=O)[nH]c3=O)[C@H](O)[C@@H]2O)[C@@H](COP(=O)(O)OP(=O)(O)OP(=O)(O)OC[C@H]2O[C@@H]([n+]3cn(C)c4c(=O)[nH]c(N)nc43)[C@H](O)[C@@H]2CNC(=O)OCc2ccccc2)O[C@H]1n1cnc2c(N)ncnc21. The average molecular weight is 1250 g/mol. The van der Waals surface area contributed by atoms with Crippen LogP contribution in [0, 0.1) is 5.92 Å². The van der Waals surface area contributed by atoms with E-state index in [1.807, 2.05) is 4.98 Å². The van der Waals surface area contributed by atoms with Crippen LogP contribution < -0.4 is 38.2 Å². The first kappa shape index (κ1) is 61.5. The largest absolute Gasteiger partial charge is 0.490 e. The fraction of sp³-hybridized carbons (Fsp3) is 0.475. The molecule has 1 amide bonds. The predicted octanol–water partition coefficient (Wildman–Crippen LogP) is -2.69. The van der Waals surface area contributed by atoms with Gasteiger partial charge in [-0.05, 0) is 5.56 Å². The van der Waals surface area contributed by atoms with Crippen LogP contribution in [0.3, 0.4) is 0 Å². The molecule has 9 rings (SSSR count). The fourth-order valence-corrected chi connectivity index (χ4v) is 13.6. The number of amides is 1. The number of aryl methyl sites for hydroxylation is 1. The van der Waals surface area contributed by atoms with Crippen LogP contribution in [0.2, 0.25) is 0 Å². The first-order valence-corrected chi connectivity index (χ1v) is 30.0. The number of hydrogen-bond acceptors (Lipinski definition) is 28. The van der Waals surface area contributed by atoms with Gasteiger partial charge in [-0.25, -0.2) is 47.4 Å². The van der Waals surface area contributed by atoms with Crippen molar-refractivity contribution in [1.29, 1.82) is 0 Å². The first-order valence-electron chi connectivity index (χ1n) is 24.0. The summed E-state index contributed by atoms with van der Waals surface area (Å²) >= 11 is 0. The molecule has 3 saturated heterocycles. The van der Waals surface area contributed by atoms with Crippen molar-refractivity contribution in [3.63, 3.8) is 0 Å². The molecule has 0 saturated carbocycles. The highest BCUT2D eigenvalue weighted by Gasteiger charge is 2.54. The zero-order chi connectivity index (χ0) is 59.9. The number of imidazole rings is 2. The Bertz CT molecular complexity index is 3740. The Morgan fingerprint density at radius 2 is 1.45 bits per heavy atom. The lowest BCUT2D eigenvalue weighted by atomic mass is 9.98. The second kappa shape index (κ2) is 24.5. The molecule has 83 heavy (non-hydrogen) atoms. The number of anilines is 2. The zero-order valence-corrected chi connectivity index (χ0v) is 46.2. The lowest BCUT2D eigenvalue weighted by Gasteiger charge is -2.26. The molecule has 0 spiro atoms. The summed E-state index contributed by atoms with van der Waals surface area (Å²) in [6.45, 7) is -4.05. The number of nitrogens with one attached hydrogen (secondary N) is 3. The number of carbonyl (C=O) groups excluding carboxylic acids is 1. The van der Waals surface area contributed by atoms with Crippen molar-refractivity contribution in [2.75, 3.05) is 44.9 Å². The van der Waals surface area contributed by atoms with Gasteiger partial charge in [0.2, 0.25) is 11.7 Å². The number of nitrogens with two attached hydrogens (primary N) is 2. The third-order valence-corrected chi connectivity index (χ3v) is 18.1. The van der Waals surface area contributed by atoms with Gasteiger partial charge in [-0.15, -0.1) is 0 Å². The summed E-state index contributed by atoms with van der Waals surface area (Å²) in [6, 6.07) is 9.45. The topological polar surface area (TPSA) is 546 Å². The summed E-state index contributed by atoms with van der Waals surface area (Å²) in [5, 5.41) is 35.4. The number of aliphatic hydroxyl groups excluding tert-OH is 3. The number of alkyl carbamates (subject to hydrolysis) is 1. The fourth-order valence-electron chi connectivity index (χ4n) is 9.10. The summed E-state index contributed by atoms with van der Waals surface area (Å²) < 4.78 is 115. The highest BCUT2D eigenvalue weighted by atomic mass is 31.3. The van der Waals surface area contributed by atoms with Crippen LogP contribution >= 0.6 is 31.3 Å². The van der Waals surface area contributed by atoms with E-state index in [2.05, 4.69) is 38.9 Å². The van der Waals surface area contributed by atoms with Crippen LogP contribution in [0.25, 0.3) is 22.3 Å². The number of aliphatic hydroxyl groups is 3. The van der Waals surface area contributed by atoms with Crippen molar-refractivity contribution in [3.05, 3.63) is 98.3 Å².